The largest absolute Gasteiger partial charge is 0.357 e. The number of nitrogens with zero attached hydrogens (tertiary/aromatic N) is 2. The molecule has 0 spiro atoms. The van der Waals surface area contributed by atoms with Crippen molar-refractivity contribution in [2.75, 3.05) is 31.5 Å². The number of hydrogen-bond donors (Lipinski definition) is 3. The van der Waals surface area contributed by atoms with Gasteiger partial charge in [0.15, 0.2) is 5.96 Å². The highest BCUT2D eigenvalue weighted by Gasteiger charge is 2.17. The molecule has 152 valence electrons. The first-order valence-corrected chi connectivity index (χ1v) is 9.75. The lowest BCUT2D eigenvalue weighted by Gasteiger charge is -2.16. The van der Waals surface area contributed by atoms with Crippen molar-refractivity contribution >= 4 is 41.7 Å². The smallest absolute Gasteiger partial charge is 0.321 e. The van der Waals surface area contributed by atoms with Crippen LogP contribution in [0.1, 0.15) is 45.6 Å². The summed E-state index contributed by atoms with van der Waals surface area (Å²) >= 11 is 0. The Morgan fingerprint density at radius 2 is 1.96 bits per heavy atom. The number of rotatable bonds is 7. The molecule has 7 heteroatoms. The molecule has 1 fully saturated rings. The lowest BCUT2D eigenvalue weighted by molar-refractivity contribution is 0.222. The maximum Gasteiger partial charge on any atom is 0.321 e. The van der Waals surface area contributed by atoms with Crippen LogP contribution in [-0.4, -0.2) is 43.1 Å². The maximum absolute atomic E-state index is 12.2. The number of amides is 2. The Balaban J connectivity index is 0.00000364. The minimum Gasteiger partial charge on any atom is -0.357 e. The van der Waals surface area contributed by atoms with Gasteiger partial charge in [0.1, 0.15) is 0 Å². The Morgan fingerprint density at radius 3 is 2.63 bits per heavy atom. The summed E-state index contributed by atoms with van der Waals surface area (Å²) < 4.78 is 0. The molecule has 1 heterocycles. The van der Waals surface area contributed by atoms with E-state index in [0.717, 1.165) is 62.7 Å². The summed E-state index contributed by atoms with van der Waals surface area (Å²) in [4.78, 5) is 18.7. The van der Waals surface area contributed by atoms with Crippen LogP contribution in [0.2, 0.25) is 0 Å². The van der Waals surface area contributed by atoms with E-state index in [9.17, 15) is 4.79 Å². The molecule has 1 aliphatic heterocycles. The van der Waals surface area contributed by atoms with Gasteiger partial charge in [-0.15, -0.1) is 24.0 Å². The van der Waals surface area contributed by atoms with Crippen molar-refractivity contribution in [3.8, 4) is 0 Å². The number of halogens is 1. The highest BCUT2D eigenvalue weighted by atomic mass is 127. The van der Waals surface area contributed by atoms with Crippen LogP contribution in [0, 0.1) is 5.92 Å². The number of guanidine groups is 1. The molecule has 2 amide bonds. The van der Waals surface area contributed by atoms with Gasteiger partial charge in [0, 0.05) is 31.9 Å². The molecule has 0 atom stereocenters. The van der Waals surface area contributed by atoms with Crippen molar-refractivity contribution in [2.24, 2.45) is 10.9 Å². The molecule has 3 N–H and O–H groups in total. The predicted octanol–water partition coefficient (Wildman–Crippen LogP) is 4.03. The summed E-state index contributed by atoms with van der Waals surface area (Å²) in [6.45, 7) is 10.5. The molecule has 6 nitrogen and oxygen atoms in total. The van der Waals surface area contributed by atoms with Crippen LogP contribution < -0.4 is 16.0 Å². The highest BCUT2D eigenvalue weighted by Crippen LogP contribution is 2.14. The Labute approximate surface area is 180 Å². The first-order valence-electron chi connectivity index (χ1n) is 9.75. The Kier molecular flexibility index (Phi) is 11.2. The lowest BCUT2D eigenvalue weighted by atomic mass is 10.1. The molecular formula is C20H34IN5O. The molecule has 1 aromatic carbocycles. The molecule has 0 aliphatic carbocycles. The van der Waals surface area contributed by atoms with E-state index in [1.165, 1.54) is 0 Å². The van der Waals surface area contributed by atoms with E-state index >= 15 is 0 Å². The standard InChI is InChI=1S/C20H33N5O.HI/c1-4-21-19(22-11-10-16(2)3)23-15-17-8-7-9-18(14-17)24-20(26)25-12-5-6-13-25;/h7-9,14,16H,4-6,10-13,15H2,1-3H3,(H,24,26)(H2,21,22,23);1H. The van der Waals surface area contributed by atoms with Gasteiger partial charge in [-0.25, -0.2) is 9.79 Å². The average molecular weight is 487 g/mol. The number of aliphatic imine (C=N–C) groups is 1. The molecule has 0 saturated carbocycles. The van der Waals surface area contributed by atoms with Gasteiger partial charge in [0.2, 0.25) is 0 Å². The second-order valence-corrected chi connectivity index (χ2v) is 7.13. The Hall–Kier alpha value is -1.51. The molecule has 1 saturated heterocycles. The number of carbonyl (C=O) groups excluding carboxylic acids is 1. The molecule has 27 heavy (non-hydrogen) atoms. The van der Waals surface area contributed by atoms with E-state index in [2.05, 4.69) is 41.7 Å². The summed E-state index contributed by atoms with van der Waals surface area (Å²) in [5.74, 6) is 1.50. The minimum absolute atomic E-state index is 0. The zero-order chi connectivity index (χ0) is 18.8. The van der Waals surface area contributed by atoms with Gasteiger partial charge < -0.3 is 20.9 Å². The van der Waals surface area contributed by atoms with E-state index in [-0.39, 0.29) is 30.0 Å². The predicted molar refractivity (Wildman–Crippen MR) is 124 cm³/mol. The van der Waals surface area contributed by atoms with E-state index in [1.807, 2.05) is 29.2 Å². The number of benzene rings is 1. The molecule has 1 aromatic rings. The van der Waals surface area contributed by atoms with Gasteiger partial charge >= 0.3 is 6.03 Å². The number of urea groups is 1. The van der Waals surface area contributed by atoms with Gasteiger partial charge in [-0.1, -0.05) is 26.0 Å². The topological polar surface area (TPSA) is 68.8 Å². The summed E-state index contributed by atoms with van der Waals surface area (Å²) in [6, 6.07) is 7.91. The molecule has 0 bridgehead atoms. The zero-order valence-electron chi connectivity index (χ0n) is 16.8. The fourth-order valence-corrected chi connectivity index (χ4v) is 2.86. The van der Waals surface area contributed by atoms with E-state index < -0.39 is 0 Å². The first kappa shape index (κ1) is 23.5. The van der Waals surface area contributed by atoms with Crippen LogP contribution in [0.4, 0.5) is 10.5 Å². The van der Waals surface area contributed by atoms with Crippen molar-refractivity contribution in [1.82, 2.24) is 15.5 Å². The quantitative estimate of drug-likeness (QED) is 0.309. The molecule has 2 rings (SSSR count). The van der Waals surface area contributed by atoms with E-state index in [0.29, 0.717) is 12.5 Å². The number of anilines is 1. The Bertz CT molecular complexity index is 600. The molecule has 1 aliphatic rings. The van der Waals surface area contributed by atoms with Gasteiger partial charge in [0.05, 0.1) is 6.54 Å². The van der Waals surface area contributed by atoms with Crippen molar-refractivity contribution in [3.05, 3.63) is 29.8 Å². The molecule has 0 radical (unpaired) electrons. The van der Waals surface area contributed by atoms with Crippen molar-refractivity contribution in [3.63, 3.8) is 0 Å². The molecule has 0 unspecified atom stereocenters. The minimum atomic E-state index is -0.00755. The summed E-state index contributed by atoms with van der Waals surface area (Å²) in [7, 11) is 0. The Morgan fingerprint density at radius 1 is 1.22 bits per heavy atom. The van der Waals surface area contributed by atoms with Crippen LogP contribution in [0.25, 0.3) is 0 Å². The maximum atomic E-state index is 12.2. The molecular weight excluding hydrogens is 453 g/mol. The number of likely N-dealkylation sites (tertiary alicyclic amines) is 1. The number of hydrogen-bond acceptors (Lipinski definition) is 2. The van der Waals surface area contributed by atoms with Gasteiger partial charge in [-0.3, -0.25) is 0 Å². The number of nitrogens with one attached hydrogen (secondary N) is 3. The van der Waals surface area contributed by atoms with Crippen LogP contribution >= 0.6 is 24.0 Å². The van der Waals surface area contributed by atoms with Gasteiger partial charge in [-0.05, 0) is 49.8 Å². The van der Waals surface area contributed by atoms with Crippen molar-refractivity contribution in [2.45, 2.75) is 46.6 Å². The lowest BCUT2D eigenvalue weighted by Crippen LogP contribution is -2.38. The van der Waals surface area contributed by atoms with Crippen LogP contribution in [0.15, 0.2) is 29.3 Å². The van der Waals surface area contributed by atoms with Crippen molar-refractivity contribution < 1.29 is 4.79 Å². The van der Waals surface area contributed by atoms with Gasteiger partial charge in [-0.2, -0.15) is 0 Å². The monoisotopic (exact) mass is 487 g/mol. The summed E-state index contributed by atoms with van der Waals surface area (Å²) in [5, 5.41) is 9.63. The highest BCUT2D eigenvalue weighted by molar-refractivity contribution is 14.0. The van der Waals surface area contributed by atoms with Crippen LogP contribution in [-0.2, 0) is 6.54 Å². The third-order valence-electron chi connectivity index (χ3n) is 4.35. The van der Waals surface area contributed by atoms with Gasteiger partial charge in [0.25, 0.3) is 0 Å². The average Bonchev–Trinajstić information content (AvgIpc) is 3.14. The fourth-order valence-electron chi connectivity index (χ4n) is 2.86. The third-order valence-corrected chi connectivity index (χ3v) is 4.35. The van der Waals surface area contributed by atoms with E-state index in [4.69, 9.17) is 0 Å². The third kappa shape index (κ3) is 8.81. The zero-order valence-corrected chi connectivity index (χ0v) is 19.1. The normalized spacial score (nSPS) is 14.1. The number of carbonyl (C=O) groups is 1. The summed E-state index contributed by atoms with van der Waals surface area (Å²) in [6.07, 6.45) is 3.31. The SMILES string of the molecule is CCNC(=NCc1cccc(NC(=O)N2CCCC2)c1)NCCC(C)C.I. The van der Waals surface area contributed by atoms with Crippen LogP contribution in [0.5, 0.6) is 0 Å². The van der Waals surface area contributed by atoms with Crippen LogP contribution in [0.3, 0.4) is 0 Å². The second kappa shape index (κ2) is 12.8. The second-order valence-electron chi connectivity index (χ2n) is 7.13. The van der Waals surface area contributed by atoms with Crippen molar-refractivity contribution in [1.29, 1.82) is 0 Å². The summed E-state index contributed by atoms with van der Waals surface area (Å²) in [5.41, 5.74) is 1.90. The fraction of sp³-hybridized carbons (Fsp3) is 0.600. The first-order chi connectivity index (χ1) is 12.6. The van der Waals surface area contributed by atoms with E-state index in [1.54, 1.807) is 0 Å². The molecule has 0 aromatic heterocycles.